The summed E-state index contributed by atoms with van der Waals surface area (Å²) in [5.41, 5.74) is 0.672. The lowest BCUT2D eigenvalue weighted by Gasteiger charge is -2.16. The summed E-state index contributed by atoms with van der Waals surface area (Å²) >= 11 is 5.21. The Balaban J connectivity index is 2.45. The third-order valence-corrected chi connectivity index (χ3v) is 3.15. The summed E-state index contributed by atoms with van der Waals surface area (Å²) in [5, 5.41) is 17.3. The molecule has 0 aliphatic rings. The number of hydrogen-bond acceptors (Lipinski definition) is 3. The second-order valence-corrected chi connectivity index (χ2v) is 5.21. The molecule has 1 aromatic carbocycles. The smallest absolute Gasteiger partial charge is 0.271 e. The predicted octanol–water partition coefficient (Wildman–Crippen LogP) is 3.85. The first kappa shape index (κ1) is 16.4. The first-order valence-corrected chi connectivity index (χ1v) is 7.25. The van der Waals surface area contributed by atoms with Gasteiger partial charge in [0.15, 0.2) is 5.11 Å². The van der Waals surface area contributed by atoms with Crippen LogP contribution in [0.1, 0.15) is 39.5 Å². The van der Waals surface area contributed by atoms with Gasteiger partial charge >= 0.3 is 0 Å². The van der Waals surface area contributed by atoms with E-state index in [1.807, 2.05) is 0 Å². The van der Waals surface area contributed by atoms with Crippen molar-refractivity contribution in [2.45, 2.75) is 45.6 Å². The minimum atomic E-state index is -0.422. The minimum absolute atomic E-state index is 0.0498. The second kappa shape index (κ2) is 8.47. The molecule has 20 heavy (non-hydrogen) atoms. The van der Waals surface area contributed by atoms with Gasteiger partial charge in [0.25, 0.3) is 5.69 Å². The zero-order chi connectivity index (χ0) is 15.0. The molecule has 1 unspecified atom stereocenters. The van der Waals surface area contributed by atoms with E-state index in [0.717, 1.165) is 6.42 Å². The summed E-state index contributed by atoms with van der Waals surface area (Å²) in [6.07, 6.45) is 4.65. The van der Waals surface area contributed by atoms with Crippen molar-refractivity contribution in [2.75, 3.05) is 5.32 Å². The molecular formula is C14H21N3O2S. The van der Waals surface area contributed by atoms with Crippen LogP contribution in [0.4, 0.5) is 11.4 Å². The Hall–Kier alpha value is -1.69. The van der Waals surface area contributed by atoms with Crippen LogP contribution in [-0.4, -0.2) is 16.1 Å². The normalized spacial score (nSPS) is 11.7. The molecule has 1 rings (SSSR count). The van der Waals surface area contributed by atoms with E-state index in [1.165, 1.54) is 31.4 Å². The number of hydrogen-bond donors (Lipinski definition) is 2. The van der Waals surface area contributed by atoms with Gasteiger partial charge in [-0.25, -0.2) is 0 Å². The van der Waals surface area contributed by atoms with Gasteiger partial charge in [-0.2, -0.15) is 0 Å². The van der Waals surface area contributed by atoms with Gasteiger partial charge in [-0.15, -0.1) is 0 Å². The highest BCUT2D eigenvalue weighted by Gasteiger charge is 2.08. The Labute approximate surface area is 124 Å². The van der Waals surface area contributed by atoms with E-state index in [1.54, 1.807) is 12.1 Å². The highest BCUT2D eigenvalue weighted by atomic mass is 32.1. The van der Waals surface area contributed by atoms with E-state index in [0.29, 0.717) is 16.8 Å². The van der Waals surface area contributed by atoms with Crippen LogP contribution in [0.15, 0.2) is 24.3 Å². The fraction of sp³-hybridized carbons (Fsp3) is 0.500. The topological polar surface area (TPSA) is 67.2 Å². The molecule has 0 spiro atoms. The van der Waals surface area contributed by atoms with E-state index in [2.05, 4.69) is 24.5 Å². The van der Waals surface area contributed by atoms with Crippen LogP contribution in [0.5, 0.6) is 0 Å². The fourth-order valence-corrected chi connectivity index (χ4v) is 2.18. The lowest BCUT2D eigenvalue weighted by Crippen LogP contribution is -2.35. The Bertz CT molecular complexity index is 465. The lowest BCUT2D eigenvalue weighted by atomic mass is 10.1. The van der Waals surface area contributed by atoms with E-state index < -0.39 is 4.92 Å². The Morgan fingerprint density at radius 1 is 1.45 bits per heavy atom. The number of nitro groups is 1. The van der Waals surface area contributed by atoms with Gasteiger partial charge < -0.3 is 10.6 Å². The van der Waals surface area contributed by atoms with Crippen molar-refractivity contribution in [3.63, 3.8) is 0 Å². The van der Waals surface area contributed by atoms with Gasteiger partial charge in [0.2, 0.25) is 0 Å². The zero-order valence-corrected chi connectivity index (χ0v) is 12.7. The van der Waals surface area contributed by atoms with Crippen LogP contribution in [0.25, 0.3) is 0 Å². The molecule has 0 saturated heterocycles. The van der Waals surface area contributed by atoms with Crippen molar-refractivity contribution in [1.29, 1.82) is 0 Å². The quantitative estimate of drug-likeness (QED) is 0.346. The molecule has 0 radical (unpaired) electrons. The van der Waals surface area contributed by atoms with Gasteiger partial charge in [-0.3, -0.25) is 10.1 Å². The third-order valence-electron chi connectivity index (χ3n) is 2.93. The van der Waals surface area contributed by atoms with E-state index in [9.17, 15) is 10.1 Å². The number of unbranched alkanes of at least 4 members (excludes halogenated alkanes) is 2. The van der Waals surface area contributed by atoms with E-state index in [4.69, 9.17) is 12.2 Å². The van der Waals surface area contributed by atoms with Crippen molar-refractivity contribution < 1.29 is 4.92 Å². The SMILES string of the molecule is CCCCCC(C)NC(=S)Nc1cccc([N+](=O)[O-])c1. The Morgan fingerprint density at radius 3 is 2.85 bits per heavy atom. The van der Waals surface area contributed by atoms with Crippen LogP contribution in [0.3, 0.4) is 0 Å². The lowest BCUT2D eigenvalue weighted by molar-refractivity contribution is -0.384. The van der Waals surface area contributed by atoms with Crippen molar-refractivity contribution in [1.82, 2.24) is 5.32 Å². The van der Waals surface area contributed by atoms with Crippen molar-refractivity contribution in [2.24, 2.45) is 0 Å². The van der Waals surface area contributed by atoms with Crippen LogP contribution in [0, 0.1) is 10.1 Å². The predicted molar refractivity (Wildman–Crippen MR) is 86.1 cm³/mol. The number of rotatable bonds is 7. The maximum absolute atomic E-state index is 10.7. The first-order chi connectivity index (χ1) is 9.52. The maximum Gasteiger partial charge on any atom is 0.271 e. The monoisotopic (exact) mass is 295 g/mol. The molecule has 1 aromatic rings. The van der Waals surface area contributed by atoms with Crippen molar-refractivity contribution >= 4 is 28.7 Å². The van der Waals surface area contributed by atoms with Crippen LogP contribution in [-0.2, 0) is 0 Å². The van der Waals surface area contributed by atoms with E-state index in [-0.39, 0.29) is 5.69 Å². The van der Waals surface area contributed by atoms with E-state index >= 15 is 0 Å². The fourth-order valence-electron chi connectivity index (χ4n) is 1.86. The number of anilines is 1. The molecule has 2 N–H and O–H groups in total. The van der Waals surface area contributed by atoms with Crippen LogP contribution >= 0.6 is 12.2 Å². The van der Waals surface area contributed by atoms with Crippen molar-refractivity contribution in [3.8, 4) is 0 Å². The summed E-state index contributed by atoms with van der Waals surface area (Å²) in [4.78, 5) is 10.3. The number of non-ortho nitro benzene ring substituents is 1. The minimum Gasteiger partial charge on any atom is -0.360 e. The molecule has 0 heterocycles. The average molecular weight is 295 g/mol. The molecule has 0 aliphatic carbocycles. The third kappa shape index (κ3) is 5.97. The number of nitrogens with one attached hydrogen (secondary N) is 2. The second-order valence-electron chi connectivity index (χ2n) is 4.80. The molecule has 110 valence electrons. The highest BCUT2D eigenvalue weighted by molar-refractivity contribution is 7.80. The molecule has 0 aliphatic heterocycles. The summed E-state index contributed by atoms with van der Waals surface area (Å²) < 4.78 is 0. The maximum atomic E-state index is 10.7. The highest BCUT2D eigenvalue weighted by Crippen LogP contribution is 2.16. The molecule has 5 nitrogen and oxygen atoms in total. The standard InChI is InChI=1S/C14H21N3O2S/c1-3-4-5-7-11(2)15-14(20)16-12-8-6-9-13(10-12)17(18)19/h6,8-11H,3-5,7H2,1-2H3,(H2,15,16,20). The molecule has 0 fully saturated rings. The molecule has 0 saturated carbocycles. The van der Waals surface area contributed by atoms with Crippen molar-refractivity contribution in [3.05, 3.63) is 34.4 Å². The van der Waals surface area contributed by atoms with Gasteiger partial charge in [0, 0.05) is 23.9 Å². The molecule has 6 heteroatoms. The number of nitrogens with zero attached hydrogens (tertiary/aromatic N) is 1. The Morgan fingerprint density at radius 2 is 2.20 bits per heavy atom. The summed E-state index contributed by atoms with van der Waals surface area (Å²) in [7, 11) is 0. The number of nitro benzene ring substituents is 1. The number of thiocarbonyl (C=S) groups is 1. The van der Waals surface area contributed by atoms with Crippen LogP contribution < -0.4 is 10.6 Å². The molecule has 0 amide bonds. The Kier molecular flexibility index (Phi) is 6.93. The van der Waals surface area contributed by atoms with Gasteiger partial charge in [-0.1, -0.05) is 32.3 Å². The molecular weight excluding hydrogens is 274 g/mol. The van der Waals surface area contributed by atoms with Gasteiger partial charge in [-0.05, 0) is 31.6 Å². The summed E-state index contributed by atoms with van der Waals surface area (Å²) in [6.45, 7) is 4.25. The number of benzene rings is 1. The zero-order valence-electron chi connectivity index (χ0n) is 11.9. The van der Waals surface area contributed by atoms with Gasteiger partial charge in [0.05, 0.1) is 4.92 Å². The molecule has 0 aromatic heterocycles. The summed E-state index contributed by atoms with van der Waals surface area (Å²) in [5.74, 6) is 0. The largest absolute Gasteiger partial charge is 0.360 e. The van der Waals surface area contributed by atoms with Crippen LogP contribution in [0.2, 0.25) is 0 Å². The molecule has 1 atom stereocenters. The van der Waals surface area contributed by atoms with Gasteiger partial charge in [0.1, 0.15) is 0 Å². The summed E-state index contributed by atoms with van der Waals surface area (Å²) in [6, 6.07) is 6.60. The molecule has 0 bridgehead atoms. The average Bonchev–Trinajstić information content (AvgIpc) is 2.39. The first-order valence-electron chi connectivity index (χ1n) is 6.85.